The van der Waals surface area contributed by atoms with Crippen molar-refractivity contribution in [3.8, 4) is 0 Å². The number of hydrogen-bond acceptors (Lipinski definition) is 2. The van der Waals surface area contributed by atoms with Gasteiger partial charge in [-0.3, -0.25) is 4.90 Å². The van der Waals surface area contributed by atoms with Gasteiger partial charge in [-0.1, -0.05) is 15.9 Å². The van der Waals surface area contributed by atoms with Crippen molar-refractivity contribution in [2.45, 2.75) is 19.3 Å². The minimum atomic E-state index is -2.22. The predicted molar refractivity (Wildman–Crippen MR) is 61.9 cm³/mol. The third kappa shape index (κ3) is 5.78. The molecule has 0 aromatic carbocycles. The Morgan fingerprint density at radius 2 is 1.87 bits per heavy atom. The summed E-state index contributed by atoms with van der Waals surface area (Å²) in [4.78, 5) is 4.18. The van der Waals surface area contributed by atoms with Gasteiger partial charge in [0.2, 0.25) is 0 Å². The zero-order valence-electron chi connectivity index (χ0n) is 8.97. The first-order valence-electron chi connectivity index (χ1n) is 5.51. The Labute approximate surface area is 98.7 Å². The minimum Gasteiger partial charge on any atom is -0.302 e. The molecule has 15 heavy (non-hydrogen) atoms. The summed E-state index contributed by atoms with van der Waals surface area (Å²) >= 11 is 3.29. The van der Waals surface area contributed by atoms with Crippen molar-refractivity contribution in [1.29, 1.82) is 0 Å². The van der Waals surface area contributed by atoms with Gasteiger partial charge in [0.1, 0.15) is 0 Å². The Hall–Kier alpha value is 0.260. The van der Waals surface area contributed by atoms with Crippen LogP contribution >= 0.6 is 15.9 Å². The molecule has 1 aliphatic heterocycles. The normalized spacial score (nSPS) is 18.2. The summed E-state index contributed by atoms with van der Waals surface area (Å²) in [5.74, 6) is 0. The Bertz CT molecular complexity index is 164. The van der Waals surface area contributed by atoms with Crippen molar-refractivity contribution in [3.05, 3.63) is 0 Å². The van der Waals surface area contributed by atoms with Gasteiger partial charge in [0, 0.05) is 25.0 Å². The van der Waals surface area contributed by atoms with Crippen molar-refractivity contribution in [2.24, 2.45) is 0 Å². The number of hydrogen-bond donors (Lipinski definition) is 0. The summed E-state index contributed by atoms with van der Waals surface area (Å²) in [5, 5.41) is 0.764. The molecule has 0 bridgehead atoms. The minimum absolute atomic E-state index is 0.0978. The van der Waals surface area contributed by atoms with Gasteiger partial charge in [-0.15, -0.1) is 0 Å². The molecular weight excluding hydrogens is 266 g/mol. The van der Waals surface area contributed by atoms with E-state index in [-0.39, 0.29) is 6.54 Å². The van der Waals surface area contributed by atoms with Crippen molar-refractivity contribution in [1.82, 2.24) is 9.80 Å². The molecule has 1 heterocycles. The van der Waals surface area contributed by atoms with E-state index >= 15 is 0 Å². The van der Waals surface area contributed by atoms with Gasteiger partial charge in [-0.05, 0) is 25.9 Å². The number of halogens is 3. The molecular formula is C10H19BrF2N2. The van der Waals surface area contributed by atoms with Gasteiger partial charge in [0.15, 0.2) is 0 Å². The van der Waals surface area contributed by atoms with E-state index in [0.29, 0.717) is 6.54 Å². The molecule has 1 aliphatic rings. The topological polar surface area (TPSA) is 6.48 Å². The lowest BCUT2D eigenvalue weighted by atomic mass is 10.4. The van der Waals surface area contributed by atoms with Crippen molar-refractivity contribution < 1.29 is 8.78 Å². The first-order valence-corrected chi connectivity index (χ1v) is 6.63. The summed E-state index contributed by atoms with van der Waals surface area (Å²) in [6.07, 6.45) is 0.295. The second kappa shape index (κ2) is 7.52. The molecule has 5 heteroatoms. The van der Waals surface area contributed by atoms with Crippen molar-refractivity contribution in [3.63, 3.8) is 0 Å². The van der Waals surface area contributed by atoms with Crippen LogP contribution < -0.4 is 0 Å². The first kappa shape index (κ1) is 13.3. The molecule has 0 N–H and O–H groups in total. The molecule has 0 unspecified atom stereocenters. The Kier molecular flexibility index (Phi) is 6.68. The van der Waals surface area contributed by atoms with E-state index in [9.17, 15) is 8.78 Å². The molecule has 0 aromatic rings. The number of rotatable bonds is 7. The maximum Gasteiger partial charge on any atom is 0.251 e. The highest BCUT2D eigenvalue weighted by Crippen LogP contribution is 2.07. The number of likely N-dealkylation sites (tertiary alicyclic amines) is 1. The Morgan fingerprint density at radius 3 is 2.40 bits per heavy atom. The molecule has 2 nitrogen and oxygen atoms in total. The van der Waals surface area contributed by atoms with Gasteiger partial charge in [-0.25, -0.2) is 8.78 Å². The lowest BCUT2D eigenvalue weighted by molar-refractivity contribution is 0.0867. The molecule has 0 radical (unpaired) electrons. The molecule has 0 saturated carbocycles. The molecule has 1 fully saturated rings. The van der Waals surface area contributed by atoms with E-state index in [0.717, 1.165) is 31.5 Å². The number of nitrogens with zero attached hydrogens (tertiary/aromatic N) is 2. The fourth-order valence-electron chi connectivity index (χ4n) is 1.90. The van der Waals surface area contributed by atoms with E-state index in [4.69, 9.17) is 0 Å². The van der Waals surface area contributed by atoms with Crippen LogP contribution in [0, 0.1) is 0 Å². The van der Waals surface area contributed by atoms with Crippen LogP contribution in [0.5, 0.6) is 0 Å². The molecule has 0 amide bonds. The Morgan fingerprint density at radius 1 is 1.20 bits per heavy atom. The van der Waals surface area contributed by atoms with E-state index in [2.05, 4.69) is 20.8 Å². The zero-order chi connectivity index (χ0) is 11.1. The smallest absolute Gasteiger partial charge is 0.251 e. The van der Waals surface area contributed by atoms with Crippen molar-refractivity contribution in [2.75, 3.05) is 44.6 Å². The van der Waals surface area contributed by atoms with Crippen LogP contribution in [0.2, 0.25) is 0 Å². The summed E-state index contributed by atoms with van der Waals surface area (Å²) in [7, 11) is 0. The average Bonchev–Trinajstić information content (AvgIpc) is 2.66. The predicted octanol–water partition coefficient (Wildman–Crippen LogP) is 2.04. The van der Waals surface area contributed by atoms with Gasteiger partial charge in [0.05, 0.1) is 6.54 Å². The highest BCUT2D eigenvalue weighted by molar-refractivity contribution is 9.09. The summed E-state index contributed by atoms with van der Waals surface area (Å²) in [6.45, 7) is 4.57. The van der Waals surface area contributed by atoms with Crippen molar-refractivity contribution >= 4 is 15.9 Å². The average molecular weight is 285 g/mol. The van der Waals surface area contributed by atoms with Crippen LogP contribution in [0.4, 0.5) is 8.78 Å². The molecule has 1 saturated heterocycles. The Balaban J connectivity index is 2.17. The van der Waals surface area contributed by atoms with E-state index in [1.54, 1.807) is 0 Å². The fourth-order valence-corrected chi connectivity index (χ4v) is 2.40. The highest BCUT2D eigenvalue weighted by Gasteiger charge is 2.15. The highest BCUT2D eigenvalue weighted by atomic mass is 79.9. The lowest BCUT2D eigenvalue weighted by Crippen LogP contribution is -2.37. The summed E-state index contributed by atoms with van der Waals surface area (Å²) in [6, 6.07) is 0. The lowest BCUT2D eigenvalue weighted by Gasteiger charge is -2.24. The molecule has 0 spiro atoms. The van der Waals surface area contributed by atoms with Gasteiger partial charge < -0.3 is 4.90 Å². The number of alkyl halides is 3. The van der Waals surface area contributed by atoms with Crippen LogP contribution in [0.1, 0.15) is 12.8 Å². The molecule has 1 rings (SSSR count). The molecule has 0 atom stereocenters. The van der Waals surface area contributed by atoms with Gasteiger partial charge >= 0.3 is 0 Å². The largest absolute Gasteiger partial charge is 0.302 e. The first-order chi connectivity index (χ1) is 7.22. The summed E-state index contributed by atoms with van der Waals surface area (Å²) in [5.41, 5.74) is 0. The second-order valence-corrected chi connectivity index (χ2v) is 4.72. The van der Waals surface area contributed by atoms with Crippen LogP contribution in [-0.4, -0.2) is 60.8 Å². The van der Waals surface area contributed by atoms with Crippen LogP contribution in [0.3, 0.4) is 0 Å². The van der Waals surface area contributed by atoms with Crippen LogP contribution in [0.25, 0.3) is 0 Å². The monoisotopic (exact) mass is 284 g/mol. The van der Waals surface area contributed by atoms with E-state index in [1.165, 1.54) is 12.8 Å². The maximum absolute atomic E-state index is 12.2. The fraction of sp³-hybridized carbons (Fsp3) is 1.00. The third-order valence-corrected chi connectivity index (χ3v) is 3.08. The maximum atomic E-state index is 12.2. The van der Waals surface area contributed by atoms with Gasteiger partial charge in [-0.2, -0.15) is 0 Å². The molecule has 90 valence electrons. The van der Waals surface area contributed by atoms with Gasteiger partial charge in [0.25, 0.3) is 6.43 Å². The molecule has 0 aliphatic carbocycles. The van der Waals surface area contributed by atoms with E-state index in [1.807, 2.05) is 4.90 Å². The van der Waals surface area contributed by atoms with Crippen LogP contribution in [-0.2, 0) is 0 Å². The standard InChI is InChI=1S/C10H19BrF2N2/c11-3-6-15(9-10(12)13)8-7-14-4-1-2-5-14/h10H,1-9H2. The quantitative estimate of drug-likeness (QED) is 0.661. The zero-order valence-corrected chi connectivity index (χ0v) is 10.6. The van der Waals surface area contributed by atoms with E-state index < -0.39 is 6.43 Å². The molecule has 0 aromatic heterocycles. The SMILES string of the molecule is FC(F)CN(CCBr)CCN1CCCC1. The second-order valence-electron chi connectivity index (χ2n) is 3.93. The van der Waals surface area contributed by atoms with Crippen LogP contribution in [0.15, 0.2) is 0 Å². The third-order valence-electron chi connectivity index (χ3n) is 2.73. The summed E-state index contributed by atoms with van der Waals surface area (Å²) < 4.78 is 24.5.